The minimum Gasteiger partial charge on any atom is -0.496 e. The van der Waals surface area contributed by atoms with Crippen molar-refractivity contribution in [2.24, 2.45) is 5.73 Å². The van der Waals surface area contributed by atoms with Crippen LogP contribution in [0.1, 0.15) is 20.7 Å². The van der Waals surface area contributed by atoms with E-state index in [0.717, 1.165) is 12.1 Å². The molecule has 0 fully saturated rings. The van der Waals surface area contributed by atoms with Crippen LogP contribution in [0.25, 0.3) is 0 Å². The molecule has 2 N–H and O–H groups in total. The topological polar surface area (TPSA) is 113 Å². The third kappa shape index (κ3) is 1.97. The van der Waals surface area contributed by atoms with E-state index in [9.17, 15) is 19.7 Å². The molecule has 0 unspecified atom stereocenters. The first-order valence-corrected chi connectivity index (χ1v) is 4.12. The maximum atomic E-state index is 11.0. The Hall–Kier alpha value is -2.44. The Balaban J connectivity index is 3.52. The van der Waals surface area contributed by atoms with E-state index >= 15 is 0 Å². The van der Waals surface area contributed by atoms with Gasteiger partial charge in [0.1, 0.15) is 5.75 Å². The molecular formula is C9H8N2O5. The van der Waals surface area contributed by atoms with Crippen molar-refractivity contribution < 1.29 is 19.2 Å². The lowest BCUT2D eigenvalue weighted by molar-refractivity contribution is -0.385. The van der Waals surface area contributed by atoms with Gasteiger partial charge in [-0.15, -0.1) is 0 Å². The van der Waals surface area contributed by atoms with Crippen molar-refractivity contribution >= 4 is 17.9 Å². The number of nitrogens with two attached hydrogens (primary N) is 1. The second kappa shape index (κ2) is 4.39. The molecule has 0 radical (unpaired) electrons. The first-order valence-electron chi connectivity index (χ1n) is 4.12. The zero-order valence-corrected chi connectivity index (χ0v) is 8.30. The summed E-state index contributed by atoms with van der Waals surface area (Å²) in [6.07, 6.45) is 0.311. The standard InChI is InChI=1S/C9H8N2O5/c1-16-8-2-5(4-12)7(11(14)15)3-6(8)9(10)13/h2-4H,1H3,(H2,10,13). The second-order valence-electron chi connectivity index (χ2n) is 2.85. The molecule has 0 atom stereocenters. The van der Waals surface area contributed by atoms with Gasteiger partial charge >= 0.3 is 0 Å². The van der Waals surface area contributed by atoms with E-state index in [4.69, 9.17) is 10.5 Å². The fourth-order valence-corrected chi connectivity index (χ4v) is 1.20. The molecule has 1 aromatic carbocycles. The zero-order valence-electron chi connectivity index (χ0n) is 8.30. The lowest BCUT2D eigenvalue weighted by Gasteiger charge is -2.06. The van der Waals surface area contributed by atoms with Gasteiger partial charge in [0.25, 0.3) is 11.6 Å². The molecule has 1 rings (SSSR count). The number of hydrogen-bond acceptors (Lipinski definition) is 5. The van der Waals surface area contributed by atoms with Crippen LogP contribution in [0.5, 0.6) is 5.75 Å². The maximum Gasteiger partial charge on any atom is 0.280 e. The van der Waals surface area contributed by atoms with E-state index < -0.39 is 16.5 Å². The monoisotopic (exact) mass is 224 g/mol. The number of nitro groups is 1. The molecule has 0 aliphatic rings. The first-order chi connectivity index (χ1) is 7.51. The van der Waals surface area contributed by atoms with Crippen LogP contribution in [0.3, 0.4) is 0 Å². The lowest BCUT2D eigenvalue weighted by atomic mass is 10.1. The van der Waals surface area contributed by atoms with Crippen LogP contribution in [-0.4, -0.2) is 24.2 Å². The van der Waals surface area contributed by atoms with Gasteiger partial charge in [0, 0.05) is 6.07 Å². The molecule has 0 heterocycles. The van der Waals surface area contributed by atoms with Gasteiger partial charge in [-0.25, -0.2) is 0 Å². The normalized spacial score (nSPS) is 9.56. The quantitative estimate of drug-likeness (QED) is 0.455. The Bertz CT molecular complexity index is 469. The van der Waals surface area contributed by atoms with Gasteiger partial charge in [0.2, 0.25) is 0 Å². The Morgan fingerprint density at radius 2 is 2.19 bits per heavy atom. The summed E-state index contributed by atoms with van der Waals surface area (Å²) < 4.78 is 4.80. The van der Waals surface area contributed by atoms with Gasteiger partial charge in [0.15, 0.2) is 6.29 Å². The Morgan fingerprint density at radius 3 is 2.56 bits per heavy atom. The molecule has 7 heteroatoms. The van der Waals surface area contributed by atoms with Gasteiger partial charge in [-0.2, -0.15) is 0 Å². The van der Waals surface area contributed by atoms with Crippen LogP contribution in [-0.2, 0) is 0 Å². The Labute approximate surface area is 90.0 Å². The van der Waals surface area contributed by atoms with E-state index in [-0.39, 0.29) is 16.9 Å². The smallest absolute Gasteiger partial charge is 0.280 e. The van der Waals surface area contributed by atoms with Crippen LogP contribution >= 0.6 is 0 Å². The average molecular weight is 224 g/mol. The molecule has 84 valence electrons. The summed E-state index contributed by atoms with van der Waals surface area (Å²) in [5.74, 6) is -0.836. The molecule has 1 amide bonds. The highest BCUT2D eigenvalue weighted by atomic mass is 16.6. The highest BCUT2D eigenvalue weighted by Gasteiger charge is 2.20. The minimum atomic E-state index is -0.864. The van der Waals surface area contributed by atoms with Gasteiger partial charge in [-0.1, -0.05) is 0 Å². The number of amides is 1. The largest absolute Gasteiger partial charge is 0.496 e. The summed E-state index contributed by atoms with van der Waals surface area (Å²) in [5.41, 5.74) is 4.23. The van der Waals surface area contributed by atoms with Gasteiger partial charge in [0.05, 0.1) is 23.2 Å². The van der Waals surface area contributed by atoms with Crippen molar-refractivity contribution in [3.63, 3.8) is 0 Å². The molecule has 0 bridgehead atoms. The molecule has 0 saturated heterocycles. The summed E-state index contributed by atoms with van der Waals surface area (Å²) in [6.45, 7) is 0. The number of rotatable bonds is 4. The van der Waals surface area contributed by atoms with Crippen molar-refractivity contribution in [3.05, 3.63) is 33.4 Å². The molecule has 1 aromatic rings. The van der Waals surface area contributed by atoms with E-state index in [2.05, 4.69) is 0 Å². The summed E-state index contributed by atoms with van der Waals surface area (Å²) in [5, 5.41) is 10.6. The van der Waals surface area contributed by atoms with Crippen LogP contribution < -0.4 is 10.5 Å². The highest BCUT2D eigenvalue weighted by molar-refractivity contribution is 5.98. The number of hydrogen-bond donors (Lipinski definition) is 1. The van der Waals surface area contributed by atoms with Gasteiger partial charge in [-0.05, 0) is 6.07 Å². The number of methoxy groups -OCH3 is 1. The highest BCUT2D eigenvalue weighted by Crippen LogP contribution is 2.27. The predicted octanol–water partition coefficient (Wildman–Crippen LogP) is 0.515. The summed E-state index contributed by atoms with van der Waals surface area (Å²) >= 11 is 0. The van der Waals surface area contributed by atoms with Crippen LogP contribution in [0.4, 0.5) is 5.69 Å². The number of aldehydes is 1. The number of benzene rings is 1. The first kappa shape index (κ1) is 11.6. The lowest BCUT2D eigenvalue weighted by Crippen LogP contribution is -2.13. The van der Waals surface area contributed by atoms with Crippen molar-refractivity contribution in [2.75, 3.05) is 7.11 Å². The number of carbonyl (C=O) groups is 2. The zero-order chi connectivity index (χ0) is 12.3. The van der Waals surface area contributed by atoms with Crippen molar-refractivity contribution in [1.29, 1.82) is 0 Å². The Morgan fingerprint density at radius 1 is 1.56 bits per heavy atom. The molecular weight excluding hydrogens is 216 g/mol. The number of nitro benzene ring substituents is 1. The van der Waals surface area contributed by atoms with E-state index in [1.165, 1.54) is 7.11 Å². The average Bonchev–Trinajstić information content (AvgIpc) is 2.26. The molecule has 0 saturated carbocycles. The number of nitrogens with zero attached hydrogens (tertiary/aromatic N) is 1. The van der Waals surface area contributed by atoms with Crippen LogP contribution in [0.15, 0.2) is 12.1 Å². The SMILES string of the molecule is COc1cc(C=O)c([N+](=O)[O-])cc1C(N)=O. The summed E-state index contributed by atoms with van der Waals surface area (Å²) in [4.78, 5) is 31.4. The maximum absolute atomic E-state index is 11.0. The molecule has 0 aliphatic carbocycles. The second-order valence-corrected chi connectivity index (χ2v) is 2.85. The molecule has 16 heavy (non-hydrogen) atoms. The Kier molecular flexibility index (Phi) is 3.19. The fourth-order valence-electron chi connectivity index (χ4n) is 1.20. The minimum absolute atomic E-state index is 0.0280. The number of ether oxygens (including phenoxy) is 1. The third-order valence-electron chi connectivity index (χ3n) is 1.94. The van der Waals surface area contributed by atoms with Crippen LogP contribution in [0, 0.1) is 10.1 Å². The molecule has 7 nitrogen and oxygen atoms in total. The van der Waals surface area contributed by atoms with Crippen molar-refractivity contribution in [3.8, 4) is 5.75 Å². The van der Waals surface area contributed by atoms with Crippen molar-refractivity contribution in [2.45, 2.75) is 0 Å². The third-order valence-corrected chi connectivity index (χ3v) is 1.94. The number of primary amides is 1. The number of carbonyl (C=O) groups excluding carboxylic acids is 2. The summed E-state index contributed by atoms with van der Waals surface area (Å²) in [6, 6.07) is 2.02. The predicted molar refractivity (Wildman–Crippen MR) is 53.6 cm³/mol. The van der Waals surface area contributed by atoms with E-state index in [0.29, 0.717) is 6.29 Å². The van der Waals surface area contributed by atoms with E-state index in [1.54, 1.807) is 0 Å². The van der Waals surface area contributed by atoms with Gasteiger partial charge < -0.3 is 10.5 Å². The van der Waals surface area contributed by atoms with E-state index in [1.807, 2.05) is 0 Å². The van der Waals surface area contributed by atoms with Crippen molar-refractivity contribution in [1.82, 2.24) is 0 Å². The fraction of sp³-hybridized carbons (Fsp3) is 0.111. The van der Waals surface area contributed by atoms with Gasteiger partial charge in [-0.3, -0.25) is 19.7 Å². The summed E-state index contributed by atoms with van der Waals surface area (Å²) in [7, 11) is 1.27. The van der Waals surface area contributed by atoms with Crippen LogP contribution in [0.2, 0.25) is 0 Å². The molecule has 0 spiro atoms. The molecule has 0 aromatic heterocycles. The molecule has 0 aliphatic heterocycles.